The Balaban J connectivity index is 1.70. The van der Waals surface area contributed by atoms with Crippen LogP contribution in [0.4, 0.5) is 24.9 Å². The molecule has 2 aliphatic heterocycles. The van der Waals surface area contributed by atoms with E-state index >= 15 is 0 Å². The van der Waals surface area contributed by atoms with E-state index in [0.29, 0.717) is 5.56 Å². The lowest BCUT2D eigenvalue weighted by atomic mass is 9.83. The van der Waals surface area contributed by atoms with Gasteiger partial charge in [-0.25, -0.2) is 32.3 Å². The molecular formula is C44H71N7O19S. The molecule has 2 heterocycles. The minimum atomic E-state index is -4.25. The van der Waals surface area contributed by atoms with Crippen molar-refractivity contribution in [3.05, 3.63) is 51.8 Å². The van der Waals surface area contributed by atoms with Gasteiger partial charge in [-0.1, -0.05) is 0 Å². The first-order valence-corrected chi connectivity index (χ1v) is 24.5. The molecular weight excluding hydrogens is 963 g/mol. The van der Waals surface area contributed by atoms with Gasteiger partial charge in [0.25, 0.3) is 5.69 Å². The Morgan fingerprint density at radius 2 is 1.41 bits per heavy atom. The van der Waals surface area contributed by atoms with Crippen molar-refractivity contribution >= 4 is 40.1 Å². The molecule has 26 nitrogen and oxygen atoms in total. The number of likely N-dealkylation sites (N-methyl/N-ethyl adjacent to an activating group) is 1. The van der Waals surface area contributed by atoms with Gasteiger partial charge in [0.1, 0.15) is 59.2 Å². The third kappa shape index (κ3) is 17.8. The minimum Gasteiger partial charge on any atom is -0.465 e. The van der Waals surface area contributed by atoms with Gasteiger partial charge < -0.3 is 79.8 Å². The fourth-order valence-electron chi connectivity index (χ4n) is 7.73. The van der Waals surface area contributed by atoms with E-state index in [9.17, 15) is 53.0 Å². The summed E-state index contributed by atoms with van der Waals surface area (Å²) in [5, 5.41) is 54.6. The lowest BCUT2D eigenvalue weighted by Gasteiger charge is -2.50. The van der Waals surface area contributed by atoms with Crippen molar-refractivity contribution in [1.82, 2.24) is 25.6 Å². The maximum Gasteiger partial charge on any atom is 0.410 e. The molecule has 27 heteroatoms. The molecule has 1 aromatic rings. The molecule has 1 saturated carbocycles. The standard InChI is InChI=1S/C44H71N7O19S/c1-41(2,3)68-38(55)47-27-17-16-26(21-46-37(54)63-22-24-12-14-25(15-13-24)51(59)60)65-35(27)66-32-28(48-39(56)69-42(4,5)6)20-29(49-71(61,62)19-18-45)33(30(32)52)67-36-31(53)34(44(10,58)23-64-36)50(11)40(57)70-43(7,8)9/h12-16,27-36,49,52-53,58H,17-23,45H2,1-11H3,(H,46,54)(H,47,55)(H,48,56)/t27-,28+,29-,30+,31-,32-,33+,34-,35-,36-,44+/m1/s1. The molecule has 4 amide bonds. The summed E-state index contributed by atoms with van der Waals surface area (Å²) >= 11 is 0. The number of nitrogens with one attached hydrogen (secondary N) is 4. The van der Waals surface area contributed by atoms with Crippen LogP contribution in [0.3, 0.4) is 0 Å². The van der Waals surface area contributed by atoms with Gasteiger partial charge in [0.2, 0.25) is 16.3 Å². The summed E-state index contributed by atoms with van der Waals surface area (Å²) < 4.78 is 75.8. The highest BCUT2D eigenvalue weighted by atomic mass is 32.2. The van der Waals surface area contributed by atoms with Crippen LogP contribution in [0.25, 0.3) is 0 Å². The normalized spacial score (nSPS) is 28.2. The number of sulfonamides is 1. The molecule has 0 bridgehead atoms. The Labute approximate surface area is 412 Å². The van der Waals surface area contributed by atoms with E-state index in [4.69, 9.17) is 43.6 Å². The number of alkyl carbamates (subject to hydrolysis) is 3. The molecule has 1 aliphatic carbocycles. The summed E-state index contributed by atoms with van der Waals surface area (Å²) in [5.41, 5.74) is 1.08. The molecule has 402 valence electrons. The number of carbonyl (C=O) groups is 4. The SMILES string of the molecule is CN(C(=O)OC(C)(C)C)[C@@H]1[C@@H](O)[C@@H](O[C@@H]2[C@@H](O)[C@H](O[C@H]3OC(CNC(=O)OCc4ccc([N+](=O)[O-])cc4)=CC[C@H]3NC(=O)OC(C)(C)C)[C@@H](NC(=O)OC(C)(C)C)C[C@H]2NS(=O)(=O)CCN)OC[C@]1(C)O. The molecule has 11 atom stereocenters. The van der Waals surface area contributed by atoms with Gasteiger partial charge in [-0.2, -0.15) is 0 Å². The van der Waals surface area contributed by atoms with Crippen molar-refractivity contribution < 1.29 is 85.7 Å². The van der Waals surface area contributed by atoms with Gasteiger partial charge in [-0.05, 0) is 106 Å². The van der Waals surface area contributed by atoms with E-state index in [0.717, 1.165) is 4.90 Å². The quantitative estimate of drug-likeness (QED) is 0.0664. The second-order valence-corrected chi connectivity index (χ2v) is 22.4. The fraction of sp³-hybridized carbons (Fsp3) is 0.727. The first-order valence-electron chi connectivity index (χ1n) is 22.8. The maximum atomic E-state index is 13.5. The third-order valence-electron chi connectivity index (χ3n) is 10.7. The van der Waals surface area contributed by atoms with E-state index < -0.39 is 142 Å². The van der Waals surface area contributed by atoms with Gasteiger partial charge in [0.05, 0.1) is 48.0 Å². The van der Waals surface area contributed by atoms with Crippen molar-refractivity contribution in [3.8, 4) is 0 Å². The molecule has 4 rings (SSSR count). The Kier molecular flexibility index (Phi) is 19.4. The van der Waals surface area contributed by atoms with Crippen LogP contribution in [0, 0.1) is 10.1 Å². The average molecular weight is 1030 g/mol. The molecule has 0 aromatic heterocycles. The molecule has 1 aromatic carbocycles. The Bertz CT molecular complexity index is 2160. The summed E-state index contributed by atoms with van der Waals surface area (Å²) in [6.45, 7) is 14.5. The second-order valence-electron chi connectivity index (χ2n) is 20.6. The Morgan fingerprint density at radius 1 is 0.859 bits per heavy atom. The van der Waals surface area contributed by atoms with E-state index in [1.54, 1.807) is 62.3 Å². The summed E-state index contributed by atoms with van der Waals surface area (Å²) in [6, 6.07) is 0.0275. The molecule has 3 aliphatic rings. The second kappa shape index (κ2) is 23.6. The zero-order valence-corrected chi connectivity index (χ0v) is 42.7. The lowest BCUT2D eigenvalue weighted by Crippen LogP contribution is -2.70. The van der Waals surface area contributed by atoms with Crippen LogP contribution in [-0.2, 0) is 54.5 Å². The number of carbonyl (C=O) groups excluding carboxylic acids is 4. The minimum absolute atomic E-state index is 0.0260. The molecule has 0 spiro atoms. The first-order chi connectivity index (χ1) is 32.7. The van der Waals surface area contributed by atoms with Gasteiger partial charge >= 0.3 is 24.4 Å². The topological polar surface area (TPSA) is 357 Å². The predicted molar refractivity (Wildman–Crippen MR) is 249 cm³/mol. The van der Waals surface area contributed by atoms with E-state index in [1.807, 2.05) is 0 Å². The Hall–Kier alpha value is -5.13. The maximum absolute atomic E-state index is 13.5. The van der Waals surface area contributed by atoms with Crippen LogP contribution < -0.4 is 26.4 Å². The average Bonchev–Trinajstić information content (AvgIpc) is 3.21. The number of hydrogen-bond acceptors (Lipinski definition) is 20. The van der Waals surface area contributed by atoms with Crippen molar-refractivity contribution in [3.63, 3.8) is 0 Å². The highest BCUT2D eigenvalue weighted by molar-refractivity contribution is 7.89. The number of hydrogen-bond donors (Lipinski definition) is 8. The van der Waals surface area contributed by atoms with E-state index in [-0.39, 0.29) is 37.6 Å². The van der Waals surface area contributed by atoms with Gasteiger partial charge in [-0.15, -0.1) is 0 Å². The number of nitro groups is 1. The monoisotopic (exact) mass is 1030 g/mol. The summed E-state index contributed by atoms with van der Waals surface area (Å²) in [7, 11) is -2.97. The van der Waals surface area contributed by atoms with Crippen LogP contribution in [0.15, 0.2) is 36.1 Å². The number of non-ortho nitro benzene ring substituents is 1. The third-order valence-corrected chi connectivity index (χ3v) is 12.1. The molecule has 2 fully saturated rings. The van der Waals surface area contributed by atoms with Crippen LogP contribution >= 0.6 is 0 Å². The van der Waals surface area contributed by atoms with Gasteiger partial charge in [0.15, 0.2) is 6.29 Å². The number of aliphatic hydroxyl groups is 3. The Morgan fingerprint density at radius 3 is 1.96 bits per heavy atom. The highest BCUT2D eigenvalue weighted by Crippen LogP contribution is 2.35. The number of ether oxygens (including phenoxy) is 8. The largest absolute Gasteiger partial charge is 0.465 e. The number of aliphatic hydroxyl groups excluding tert-OH is 2. The fourth-order valence-corrected chi connectivity index (χ4v) is 8.85. The van der Waals surface area contributed by atoms with E-state index in [1.165, 1.54) is 44.3 Å². The zero-order chi connectivity index (χ0) is 53.4. The van der Waals surface area contributed by atoms with Gasteiger partial charge in [0, 0.05) is 25.7 Å². The number of amides is 4. The predicted octanol–water partition coefficient (Wildman–Crippen LogP) is 1.72. The van der Waals surface area contributed by atoms with E-state index in [2.05, 4.69) is 20.7 Å². The van der Waals surface area contributed by atoms with Crippen molar-refractivity contribution in [2.75, 3.05) is 32.5 Å². The van der Waals surface area contributed by atoms with Crippen molar-refractivity contribution in [2.45, 2.75) is 172 Å². The van der Waals surface area contributed by atoms with Crippen molar-refractivity contribution in [2.24, 2.45) is 5.73 Å². The molecule has 71 heavy (non-hydrogen) atoms. The lowest BCUT2D eigenvalue weighted by molar-refractivity contribution is -0.384. The van der Waals surface area contributed by atoms with Crippen molar-refractivity contribution in [1.29, 1.82) is 0 Å². The smallest absolute Gasteiger partial charge is 0.410 e. The first kappa shape index (κ1) is 58.4. The number of rotatable bonds is 16. The highest BCUT2D eigenvalue weighted by Gasteiger charge is 2.55. The molecule has 0 unspecified atom stereocenters. The molecule has 1 saturated heterocycles. The van der Waals surface area contributed by atoms with Crippen LogP contribution in [0.2, 0.25) is 0 Å². The summed E-state index contributed by atoms with van der Waals surface area (Å²) in [6.07, 6.45) is -13.2. The number of benzene rings is 1. The van der Waals surface area contributed by atoms with Crippen LogP contribution in [0.1, 0.15) is 87.6 Å². The molecule has 0 radical (unpaired) electrons. The number of nitrogens with two attached hydrogens (primary N) is 1. The van der Waals surface area contributed by atoms with Crippen LogP contribution in [0.5, 0.6) is 0 Å². The summed E-state index contributed by atoms with van der Waals surface area (Å²) in [5.74, 6) is -0.496. The molecule has 9 N–H and O–H groups in total. The number of nitro benzene ring substituents is 1. The van der Waals surface area contributed by atoms with Crippen LogP contribution in [-0.4, -0.2) is 174 Å². The number of nitrogens with zero attached hydrogens (tertiary/aromatic N) is 2. The summed E-state index contributed by atoms with van der Waals surface area (Å²) in [4.78, 5) is 64.1. The zero-order valence-electron chi connectivity index (χ0n) is 41.9. The van der Waals surface area contributed by atoms with Gasteiger partial charge in [-0.3, -0.25) is 10.1 Å².